The van der Waals surface area contributed by atoms with E-state index in [4.69, 9.17) is 46.4 Å². The highest BCUT2D eigenvalue weighted by Crippen LogP contribution is 2.53. The Hall–Kier alpha value is -2.00. The molecule has 2 unspecified atom stereocenters. The molecule has 0 amide bonds. The van der Waals surface area contributed by atoms with Gasteiger partial charge in [0.1, 0.15) is 5.92 Å². The van der Waals surface area contributed by atoms with E-state index in [-0.39, 0.29) is 0 Å². The Morgan fingerprint density at radius 3 is 1.81 bits per heavy atom. The highest BCUT2D eigenvalue weighted by molar-refractivity contribution is 6.47. The maximum atomic E-state index is 11.7. The first-order valence-electron chi connectivity index (χ1n) is 6.41. The molecular weight excluding hydrogens is 438 g/mol. The maximum Gasteiger partial charge on any atom is 0.337 e. The minimum Gasteiger partial charge on any atom is -0.481 e. The third-order valence-electron chi connectivity index (χ3n) is 3.67. The van der Waals surface area contributed by atoms with Crippen LogP contribution in [0.25, 0.3) is 0 Å². The van der Waals surface area contributed by atoms with Gasteiger partial charge in [-0.05, 0) is 11.6 Å². The zero-order valence-electron chi connectivity index (χ0n) is 12.1. The van der Waals surface area contributed by atoms with Gasteiger partial charge in [0.2, 0.25) is 0 Å². The molecule has 0 aromatic heterocycles. The number of carboxylic acids is 4. The lowest BCUT2D eigenvalue weighted by atomic mass is 9.72. The molecule has 8 nitrogen and oxygen atoms in total. The average Bonchev–Trinajstić information content (AvgIpc) is 2.47. The Morgan fingerprint density at radius 1 is 0.923 bits per heavy atom. The lowest BCUT2D eigenvalue weighted by Crippen LogP contribution is -2.42. The first kappa shape index (κ1) is 20.3. The smallest absolute Gasteiger partial charge is 0.337 e. The van der Waals surface area contributed by atoms with Gasteiger partial charge in [0.15, 0.2) is 4.87 Å². The first-order chi connectivity index (χ1) is 11.9. The van der Waals surface area contributed by atoms with E-state index in [0.29, 0.717) is 6.08 Å². The van der Waals surface area contributed by atoms with Gasteiger partial charge in [0, 0.05) is 5.57 Å². The van der Waals surface area contributed by atoms with E-state index in [2.05, 4.69) is 0 Å². The van der Waals surface area contributed by atoms with Crippen LogP contribution >= 0.6 is 46.4 Å². The second kappa shape index (κ2) is 6.62. The van der Waals surface area contributed by atoms with E-state index < -0.39 is 72.1 Å². The summed E-state index contributed by atoms with van der Waals surface area (Å²) in [5.41, 5.74) is -3.36. The first-order valence-corrected chi connectivity index (χ1v) is 7.92. The summed E-state index contributed by atoms with van der Waals surface area (Å²) >= 11 is 23.6. The number of halogens is 4. The molecule has 0 bridgehead atoms. The van der Waals surface area contributed by atoms with Gasteiger partial charge >= 0.3 is 23.9 Å². The summed E-state index contributed by atoms with van der Waals surface area (Å²) in [5.74, 6) is -9.03. The number of carbonyl (C=O) groups is 4. The summed E-state index contributed by atoms with van der Waals surface area (Å²) in [4.78, 5) is 44.0. The number of fused-ring (bicyclic) bond motifs is 1. The van der Waals surface area contributed by atoms with Crippen molar-refractivity contribution in [3.05, 3.63) is 43.5 Å². The summed E-state index contributed by atoms with van der Waals surface area (Å²) in [6, 6.07) is 0. The lowest BCUT2D eigenvalue weighted by Gasteiger charge is -2.36. The highest BCUT2D eigenvalue weighted by atomic mass is 35.5. The van der Waals surface area contributed by atoms with Crippen molar-refractivity contribution in [3.63, 3.8) is 0 Å². The topological polar surface area (TPSA) is 149 Å². The molecule has 2 aliphatic carbocycles. The van der Waals surface area contributed by atoms with Crippen molar-refractivity contribution >= 4 is 70.3 Å². The molecule has 0 saturated carbocycles. The summed E-state index contributed by atoms with van der Waals surface area (Å²) in [7, 11) is 0. The second-order valence-corrected chi connectivity index (χ2v) is 6.88. The molecule has 0 saturated heterocycles. The van der Waals surface area contributed by atoms with Crippen molar-refractivity contribution < 1.29 is 39.6 Å². The van der Waals surface area contributed by atoms with Crippen molar-refractivity contribution in [2.45, 2.75) is 4.87 Å². The fourth-order valence-electron chi connectivity index (χ4n) is 2.68. The third-order valence-corrected chi connectivity index (χ3v) is 5.33. The molecule has 26 heavy (non-hydrogen) atoms. The number of carboxylic acid groups (broad SMARTS) is 4. The maximum absolute atomic E-state index is 11.7. The van der Waals surface area contributed by atoms with Crippen molar-refractivity contribution in [2.75, 3.05) is 0 Å². The molecule has 0 radical (unpaired) electrons. The van der Waals surface area contributed by atoms with Crippen LogP contribution in [0, 0.1) is 5.92 Å². The Balaban J connectivity index is 3.16. The molecule has 4 N–H and O–H groups in total. The molecule has 0 aromatic rings. The van der Waals surface area contributed by atoms with Gasteiger partial charge in [-0.15, -0.1) is 0 Å². The van der Waals surface area contributed by atoms with Crippen LogP contribution in [0.3, 0.4) is 0 Å². The molecule has 2 rings (SSSR count). The quantitative estimate of drug-likeness (QED) is 0.483. The largest absolute Gasteiger partial charge is 0.481 e. The summed E-state index contributed by atoms with van der Waals surface area (Å²) in [6.07, 6.45) is 0.589. The van der Waals surface area contributed by atoms with E-state index in [1.54, 1.807) is 0 Å². The van der Waals surface area contributed by atoms with Gasteiger partial charge in [-0.1, -0.05) is 46.4 Å². The van der Waals surface area contributed by atoms with Crippen LogP contribution in [-0.4, -0.2) is 49.2 Å². The molecule has 0 aromatic carbocycles. The Kier molecular flexibility index (Phi) is 5.17. The van der Waals surface area contributed by atoms with Crippen LogP contribution in [-0.2, 0) is 19.2 Å². The zero-order chi connectivity index (χ0) is 20.1. The molecule has 2 aliphatic rings. The Morgan fingerprint density at radius 2 is 1.42 bits per heavy atom. The number of hydrogen-bond acceptors (Lipinski definition) is 4. The van der Waals surface area contributed by atoms with Crippen molar-refractivity contribution in [1.82, 2.24) is 0 Å². The van der Waals surface area contributed by atoms with E-state index >= 15 is 0 Å². The predicted octanol–water partition coefficient (Wildman–Crippen LogP) is 2.35. The van der Waals surface area contributed by atoms with E-state index in [1.165, 1.54) is 0 Å². The summed E-state index contributed by atoms with van der Waals surface area (Å²) in [5, 5.41) is 35.6. The Bertz CT molecular complexity index is 910. The molecule has 0 fully saturated rings. The van der Waals surface area contributed by atoms with Crippen LogP contribution in [0.5, 0.6) is 0 Å². The fourth-order valence-corrected chi connectivity index (χ4v) is 3.96. The molecule has 138 valence electrons. The second-order valence-electron chi connectivity index (χ2n) is 5.09. The van der Waals surface area contributed by atoms with Crippen LogP contribution in [0.4, 0.5) is 0 Å². The predicted molar refractivity (Wildman–Crippen MR) is 89.3 cm³/mol. The minimum absolute atomic E-state index is 0.589. The number of alkyl halides is 1. The average molecular weight is 444 g/mol. The summed E-state index contributed by atoms with van der Waals surface area (Å²) < 4.78 is 0. The van der Waals surface area contributed by atoms with Crippen molar-refractivity contribution in [1.29, 1.82) is 0 Å². The van der Waals surface area contributed by atoms with E-state index in [0.717, 1.165) is 0 Å². The van der Waals surface area contributed by atoms with Gasteiger partial charge in [0.05, 0.1) is 26.2 Å². The highest BCUT2D eigenvalue weighted by Gasteiger charge is 2.54. The monoisotopic (exact) mass is 442 g/mol. The lowest BCUT2D eigenvalue weighted by molar-refractivity contribution is -0.140. The SMILES string of the molecule is O=C(O)C1=C2C(=C(C(=O)O)C(Cl)=C(Cl)C2C(=O)O)C(Cl)(C(=O)O)C=C1Cl. The van der Waals surface area contributed by atoms with E-state index in [1.807, 2.05) is 0 Å². The molecule has 2 atom stereocenters. The molecule has 0 spiro atoms. The number of aliphatic carboxylic acids is 4. The normalized spacial score (nSPS) is 25.7. The van der Waals surface area contributed by atoms with Crippen LogP contribution in [0.15, 0.2) is 43.5 Å². The van der Waals surface area contributed by atoms with Gasteiger partial charge in [-0.25, -0.2) is 14.4 Å². The Labute approximate surface area is 164 Å². The van der Waals surface area contributed by atoms with Gasteiger partial charge in [-0.3, -0.25) is 4.79 Å². The third kappa shape index (κ3) is 2.79. The molecule has 0 aliphatic heterocycles. The van der Waals surface area contributed by atoms with Crippen LogP contribution in [0.2, 0.25) is 0 Å². The molecular formula is C14H6Cl4O8. The van der Waals surface area contributed by atoms with Crippen molar-refractivity contribution in [3.8, 4) is 0 Å². The number of hydrogen-bond donors (Lipinski definition) is 4. The van der Waals surface area contributed by atoms with Gasteiger partial charge < -0.3 is 20.4 Å². The molecule has 0 heterocycles. The van der Waals surface area contributed by atoms with Gasteiger partial charge in [-0.2, -0.15) is 0 Å². The minimum atomic E-state index is -2.68. The van der Waals surface area contributed by atoms with Crippen molar-refractivity contribution in [2.24, 2.45) is 5.92 Å². The number of rotatable bonds is 4. The van der Waals surface area contributed by atoms with Gasteiger partial charge in [0.25, 0.3) is 0 Å². The van der Waals surface area contributed by atoms with Crippen LogP contribution < -0.4 is 0 Å². The van der Waals surface area contributed by atoms with E-state index in [9.17, 15) is 39.6 Å². The van der Waals surface area contributed by atoms with Crippen LogP contribution in [0.1, 0.15) is 0 Å². The zero-order valence-corrected chi connectivity index (χ0v) is 15.1. The standard InChI is InChI=1S/C14H6Cl4O8/c15-2-1-14(18,13(25)26)7-4(3(2)10(19)20)5(11(21)22)8(16)9(17)6(7)12(23)24/h1,5H,(H,19,20)(H,21,22)(H,23,24)(H,25,26). The fraction of sp³-hybridized carbons (Fsp3) is 0.143. The summed E-state index contributed by atoms with van der Waals surface area (Å²) in [6.45, 7) is 0. The molecule has 12 heteroatoms.